The van der Waals surface area contributed by atoms with Crippen LogP contribution in [0.5, 0.6) is 0 Å². The lowest BCUT2D eigenvalue weighted by Crippen LogP contribution is -2.20. The van der Waals surface area contributed by atoms with Crippen LogP contribution in [-0.4, -0.2) is 21.9 Å². The van der Waals surface area contributed by atoms with E-state index in [4.69, 9.17) is 0 Å². The standard InChI is InChI=1S/C26H20N6O6/c33-25(29-21-5-1-3-7-23(21)31(35)36)27-19-13-9-17(10-14-19)18-11-15-20(16-12-18)28-26(34)30-22-6-2-4-8-24(22)32(37)38/h1-16H,(H2,27,29,33)(H2,28,30,34). The van der Waals surface area contributed by atoms with Gasteiger partial charge in [0.2, 0.25) is 0 Å². The molecule has 0 heterocycles. The molecule has 0 bridgehead atoms. The molecule has 0 aromatic heterocycles. The molecule has 0 aliphatic carbocycles. The van der Waals surface area contributed by atoms with E-state index in [1.54, 1.807) is 60.7 Å². The van der Waals surface area contributed by atoms with E-state index in [0.29, 0.717) is 11.4 Å². The van der Waals surface area contributed by atoms with Crippen LogP contribution >= 0.6 is 0 Å². The molecule has 0 fully saturated rings. The van der Waals surface area contributed by atoms with Gasteiger partial charge in [-0.15, -0.1) is 0 Å². The van der Waals surface area contributed by atoms with Crippen LogP contribution in [0.2, 0.25) is 0 Å². The van der Waals surface area contributed by atoms with Crippen molar-refractivity contribution in [1.29, 1.82) is 0 Å². The number of urea groups is 2. The summed E-state index contributed by atoms with van der Waals surface area (Å²) in [4.78, 5) is 45.6. The zero-order valence-electron chi connectivity index (χ0n) is 19.6. The van der Waals surface area contributed by atoms with Crippen molar-refractivity contribution >= 4 is 46.2 Å². The maximum atomic E-state index is 12.3. The van der Waals surface area contributed by atoms with Crippen LogP contribution in [0, 0.1) is 20.2 Å². The largest absolute Gasteiger partial charge is 0.323 e. The molecule has 0 spiro atoms. The first-order valence-electron chi connectivity index (χ1n) is 11.1. The van der Waals surface area contributed by atoms with Gasteiger partial charge in [-0.3, -0.25) is 20.2 Å². The molecule has 0 unspecified atom stereocenters. The van der Waals surface area contributed by atoms with E-state index in [-0.39, 0.29) is 22.7 Å². The highest BCUT2D eigenvalue weighted by molar-refractivity contribution is 6.02. The smallest absolute Gasteiger partial charge is 0.308 e. The molecule has 4 aromatic rings. The number of nitrogens with zero attached hydrogens (tertiary/aromatic N) is 2. The van der Waals surface area contributed by atoms with Gasteiger partial charge in [-0.2, -0.15) is 0 Å². The maximum Gasteiger partial charge on any atom is 0.323 e. The first-order chi connectivity index (χ1) is 18.3. The maximum absolute atomic E-state index is 12.3. The van der Waals surface area contributed by atoms with Crippen molar-refractivity contribution in [1.82, 2.24) is 0 Å². The fraction of sp³-hybridized carbons (Fsp3) is 0. The van der Waals surface area contributed by atoms with Crippen LogP contribution in [0.25, 0.3) is 11.1 Å². The quantitative estimate of drug-likeness (QED) is 0.164. The number of nitro groups is 2. The van der Waals surface area contributed by atoms with Crippen LogP contribution in [-0.2, 0) is 0 Å². The van der Waals surface area contributed by atoms with E-state index < -0.39 is 21.9 Å². The molecule has 4 rings (SSSR count). The normalized spacial score (nSPS) is 10.2. The van der Waals surface area contributed by atoms with Gasteiger partial charge in [-0.25, -0.2) is 9.59 Å². The second kappa shape index (κ2) is 11.3. The number of para-hydroxylation sites is 4. The summed E-state index contributed by atoms with van der Waals surface area (Å²) in [5, 5.41) is 32.4. The number of rotatable bonds is 7. The molecule has 0 radical (unpaired) electrons. The minimum Gasteiger partial charge on any atom is -0.308 e. The predicted octanol–water partition coefficient (Wildman–Crippen LogP) is 6.46. The minimum atomic E-state index is -0.624. The average Bonchev–Trinajstić information content (AvgIpc) is 2.90. The van der Waals surface area contributed by atoms with Gasteiger partial charge in [-0.05, 0) is 47.5 Å². The van der Waals surface area contributed by atoms with Gasteiger partial charge >= 0.3 is 12.1 Å². The highest BCUT2D eigenvalue weighted by Crippen LogP contribution is 2.26. The third kappa shape index (κ3) is 6.26. The number of hydrogen-bond donors (Lipinski definition) is 4. The molecule has 12 nitrogen and oxygen atoms in total. The second-order valence-electron chi connectivity index (χ2n) is 7.86. The Bertz CT molecular complexity index is 1390. The number of hydrogen-bond acceptors (Lipinski definition) is 6. The molecule has 0 aliphatic heterocycles. The van der Waals surface area contributed by atoms with Crippen molar-refractivity contribution < 1.29 is 19.4 Å². The number of carbonyl (C=O) groups excluding carboxylic acids is 2. The van der Waals surface area contributed by atoms with Gasteiger partial charge in [0.05, 0.1) is 9.85 Å². The van der Waals surface area contributed by atoms with E-state index in [0.717, 1.165) is 11.1 Å². The summed E-state index contributed by atoms with van der Waals surface area (Å²) in [6.45, 7) is 0. The number of anilines is 4. The summed E-state index contributed by atoms with van der Waals surface area (Å²) >= 11 is 0. The summed E-state index contributed by atoms with van der Waals surface area (Å²) in [6, 6.07) is 24.3. The monoisotopic (exact) mass is 512 g/mol. The molecule has 0 aliphatic rings. The van der Waals surface area contributed by atoms with E-state index in [2.05, 4.69) is 21.3 Å². The molecule has 38 heavy (non-hydrogen) atoms. The van der Waals surface area contributed by atoms with E-state index in [9.17, 15) is 29.8 Å². The SMILES string of the molecule is O=C(Nc1ccc(-c2ccc(NC(=O)Nc3ccccc3[N+](=O)[O-])cc2)cc1)Nc1ccccc1[N+](=O)[O-]. The molecule has 0 atom stereocenters. The summed E-state index contributed by atoms with van der Waals surface area (Å²) in [5.41, 5.74) is 2.37. The van der Waals surface area contributed by atoms with Gasteiger partial charge in [-0.1, -0.05) is 48.5 Å². The van der Waals surface area contributed by atoms with Crippen LogP contribution < -0.4 is 21.3 Å². The molecule has 4 N–H and O–H groups in total. The van der Waals surface area contributed by atoms with E-state index in [1.807, 2.05) is 0 Å². The zero-order chi connectivity index (χ0) is 27.1. The minimum absolute atomic E-state index is 0.0796. The fourth-order valence-electron chi connectivity index (χ4n) is 3.54. The van der Waals surface area contributed by atoms with Gasteiger partial charge in [0.1, 0.15) is 11.4 Å². The highest BCUT2D eigenvalue weighted by Gasteiger charge is 2.16. The van der Waals surface area contributed by atoms with E-state index in [1.165, 1.54) is 36.4 Å². The van der Waals surface area contributed by atoms with Crippen molar-refractivity contribution in [2.45, 2.75) is 0 Å². The average molecular weight is 512 g/mol. The lowest BCUT2D eigenvalue weighted by Gasteiger charge is -2.10. The molecule has 0 saturated heterocycles. The summed E-state index contributed by atoms with van der Waals surface area (Å²) in [7, 11) is 0. The molecular formula is C26H20N6O6. The molecular weight excluding hydrogens is 492 g/mol. The first-order valence-corrected chi connectivity index (χ1v) is 11.1. The lowest BCUT2D eigenvalue weighted by molar-refractivity contribution is -0.384. The van der Waals surface area contributed by atoms with Crippen molar-refractivity contribution in [2.75, 3.05) is 21.3 Å². The Morgan fingerprint density at radius 3 is 1.18 bits per heavy atom. The summed E-state index contributed by atoms with van der Waals surface area (Å²) < 4.78 is 0. The third-order valence-electron chi connectivity index (χ3n) is 5.32. The molecule has 190 valence electrons. The van der Waals surface area contributed by atoms with Gasteiger partial charge in [0, 0.05) is 23.5 Å². The Morgan fingerprint density at radius 2 is 0.842 bits per heavy atom. The van der Waals surface area contributed by atoms with Crippen molar-refractivity contribution in [3.8, 4) is 11.1 Å². The van der Waals surface area contributed by atoms with E-state index >= 15 is 0 Å². The van der Waals surface area contributed by atoms with Crippen molar-refractivity contribution in [2.24, 2.45) is 0 Å². The number of nitro benzene ring substituents is 2. The van der Waals surface area contributed by atoms with Crippen molar-refractivity contribution in [3.05, 3.63) is 117 Å². The van der Waals surface area contributed by atoms with Crippen LogP contribution in [0.15, 0.2) is 97.1 Å². The topological polar surface area (TPSA) is 169 Å². The second-order valence-corrected chi connectivity index (χ2v) is 7.86. The van der Waals surface area contributed by atoms with Gasteiger partial charge in [0.25, 0.3) is 11.4 Å². The summed E-state index contributed by atoms with van der Waals surface area (Å²) in [5.74, 6) is 0. The van der Waals surface area contributed by atoms with Crippen LogP contribution in [0.4, 0.5) is 43.7 Å². The molecule has 4 aromatic carbocycles. The number of carbonyl (C=O) groups is 2. The Balaban J connectivity index is 1.35. The predicted molar refractivity (Wildman–Crippen MR) is 143 cm³/mol. The molecule has 0 saturated carbocycles. The number of amides is 4. The highest BCUT2D eigenvalue weighted by atomic mass is 16.6. The Labute approximate surface area is 215 Å². The van der Waals surface area contributed by atoms with Crippen LogP contribution in [0.3, 0.4) is 0 Å². The van der Waals surface area contributed by atoms with Gasteiger partial charge in [0.15, 0.2) is 0 Å². The fourth-order valence-corrected chi connectivity index (χ4v) is 3.54. The molecule has 4 amide bonds. The zero-order valence-corrected chi connectivity index (χ0v) is 19.6. The summed E-state index contributed by atoms with van der Waals surface area (Å²) in [6.07, 6.45) is 0. The van der Waals surface area contributed by atoms with Crippen molar-refractivity contribution in [3.63, 3.8) is 0 Å². The third-order valence-corrected chi connectivity index (χ3v) is 5.32. The number of benzene rings is 4. The Hall–Kier alpha value is -5.78. The van der Waals surface area contributed by atoms with Gasteiger partial charge < -0.3 is 21.3 Å². The Morgan fingerprint density at radius 1 is 0.500 bits per heavy atom. The number of nitrogens with one attached hydrogen (secondary N) is 4. The first kappa shape index (κ1) is 25.3. The Kier molecular flexibility index (Phi) is 7.53. The van der Waals surface area contributed by atoms with Crippen LogP contribution in [0.1, 0.15) is 0 Å². The molecule has 12 heteroatoms. The lowest BCUT2D eigenvalue weighted by atomic mass is 10.1.